The number of halogens is 2. The molecule has 0 bridgehead atoms. The number of carbonyl (C=O) groups excluding carboxylic acids is 2. The molecule has 11 nitrogen and oxygen atoms in total. The average molecular weight is 613 g/mol. The highest BCUT2D eigenvalue weighted by atomic mass is 35.5. The highest BCUT2D eigenvalue weighted by molar-refractivity contribution is 7.88. The van der Waals surface area contributed by atoms with Gasteiger partial charge in [0.1, 0.15) is 6.61 Å². The van der Waals surface area contributed by atoms with E-state index in [-0.39, 0.29) is 23.4 Å². The normalized spacial score (nSPS) is 23.7. The van der Waals surface area contributed by atoms with Crippen LogP contribution < -0.4 is 11.2 Å². The van der Waals surface area contributed by atoms with Crippen molar-refractivity contribution in [1.29, 1.82) is 0 Å². The van der Waals surface area contributed by atoms with Gasteiger partial charge in [-0.05, 0) is 42.2 Å². The highest BCUT2D eigenvalue weighted by Crippen LogP contribution is 2.48. The number of rotatable bonds is 8. The second-order valence-corrected chi connectivity index (χ2v) is 12.8. The van der Waals surface area contributed by atoms with Gasteiger partial charge in [-0.2, -0.15) is 0 Å². The predicted molar refractivity (Wildman–Crippen MR) is 151 cm³/mol. The molecule has 2 aromatic rings. The van der Waals surface area contributed by atoms with E-state index < -0.39 is 40.0 Å². The number of carbonyl (C=O) groups is 2. The Hall–Kier alpha value is -2.90. The summed E-state index contributed by atoms with van der Waals surface area (Å²) in [5.74, 6) is -2.21. The van der Waals surface area contributed by atoms with Crippen LogP contribution in [0.2, 0.25) is 10.0 Å². The Kier molecular flexibility index (Phi) is 9.26. The number of benzene rings is 2. The first-order valence-corrected chi connectivity index (χ1v) is 15.2. The average Bonchev–Trinajstić information content (AvgIpc) is 2.92. The lowest BCUT2D eigenvalue weighted by atomic mass is 9.76. The number of nitrogens with zero attached hydrogens (tertiary/aromatic N) is 3. The fourth-order valence-electron chi connectivity index (χ4n) is 5.63. The first-order valence-electron chi connectivity index (χ1n) is 12.6. The van der Waals surface area contributed by atoms with Crippen molar-refractivity contribution in [1.82, 2.24) is 14.7 Å². The zero-order valence-corrected chi connectivity index (χ0v) is 24.3. The van der Waals surface area contributed by atoms with Crippen LogP contribution in [0.1, 0.15) is 59.1 Å². The molecule has 2 amide bonds. The van der Waals surface area contributed by atoms with Crippen molar-refractivity contribution in [3.63, 3.8) is 0 Å². The molecule has 14 heteroatoms. The number of amides is 2. The minimum absolute atomic E-state index is 0.244. The highest BCUT2D eigenvalue weighted by Gasteiger charge is 2.50. The van der Waals surface area contributed by atoms with Gasteiger partial charge in [0.2, 0.25) is 10.0 Å². The summed E-state index contributed by atoms with van der Waals surface area (Å²) < 4.78 is 26.5. The molecule has 40 heavy (non-hydrogen) atoms. The Labute approximate surface area is 242 Å². The third-order valence-corrected chi connectivity index (χ3v) is 9.38. The van der Waals surface area contributed by atoms with Gasteiger partial charge in [-0.1, -0.05) is 65.5 Å². The summed E-state index contributed by atoms with van der Waals surface area (Å²) in [4.78, 5) is 34.9. The molecule has 4 rings (SSSR count). The van der Waals surface area contributed by atoms with Crippen molar-refractivity contribution >= 4 is 50.9 Å². The van der Waals surface area contributed by atoms with Gasteiger partial charge in [-0.15, -0.1) is 0 Å². The molecule has 0 aromatic heterocycles. The Balaban J connectivity index is 1.90. The van der Waals surface area contributed by atoms with Gasteiger partial charge >= 0.3 is 0 Å². The lowest BCUT2D eigenvalue weighted by molar-refractivity contribution is -0.136. The fourth-order valence-corrected chi connectivity index (χ4v) is 6.89. The Morgan fingerprint density at radius 3 is 2.58 bits per heavy atom. The van der Waals surface area contributed by atoms with Crippen molar-refractivity contribution in [3.05, 3.63) is 69.2 Å². The van der Waals surface area contributed by atoms with E-state index >= 15 is 0 Å². The molecule has 1 aliphatic carbocycles. The van der Waals surface area contributed by atoms with Crippen LogP contribution in [0.5, 0.6) is 0 Å². The van der Waals surface area contributed by atoms with E-state index in [2.05, 4.69) is 10.6 Å². The maximum Gasteiger partial charge on any atom is 0.255 e. The predicted octanol–water partition coefficient (Wildman–Crippen LogP) is 3.27. The molecule has 4 atom stereocenters. The standard InChI is InChI=1S/C26H31Cl2N5O6S/c1-32(40(2,37)38)20-9-5-6-10-21(20)33-24(18-12-11-15(27)13-19(18)28)23(25(34)31-39-14-22(29)30-36)16-7-3-4-8-17(16)26(33)35/h3-4,7-8,11-13,20-21,23-24,36H,5-6,9-10,14H2,1-2H3,(H2,29,30)(H,31,34)/t20-,21-,23+,24-/m0/s1. The number of nitrogens with one attached hydrogen (secondary N) is 1. The van der Waals surface area contributed by atoms with Gasteiger partial charge in [0.05, 0.1) is 18.2 Å². The second-order valence-electron chi connectivity index (χ2n) is 9.93. The van der Waals surface area contributed by atoms with Gasteiger partial charge in [0, 0.05) is 34.7 Å². The zero-order valence-electron chi connectivity index (χ0n) is 22.0. The number of amidine groups is 1. The van der Waals surface area contributed by atoms with Crippen LogP contribution in [0.15, 0.2) is 47.6 Å². The Bertz CT molecular complexity index is 1420. The molecular weight excluding hydrogens is 581 g/mol. The van der Waals surface area contributed by atoms with Crippen LogP contribution >= 0.6 is 23.2 Å². The van der Waals surface area contributed by atoms with Crippen molar-refractivity contribution in [3.8, 4) is 0 Å². The van der Waals surface area contributed by atoms with E-state index in [1.54, 1.807) is 41.3 Å². The summed E-state index contributed by atoms with van der Waals surface area (Å²) in [5.41, 5.74) is 9.06. The van der Waals surface area contributed by atoms with E-state index in [4.69, 9.17) is 39.0 Å². The number of likely N-dealkylation sites (N-methyl/N-ethyl adjacent to an activating group) is 1. The molecule has 1 aliphatic heterocycles. The SMILES string of the molecule is CN([C@H]1CCCC[C@@H]1N1C(=O)c2ccccc2[C@@H](C(=O)NOCC(N)=NO)[C@@H]1c1ccc(Cl)cc1Cl)S(C)(=O)=O. The van der Waals surface area contributed by atoms with Crippen LogP contribution in [0, 0.1) is 0 Å². The molecular formula is C26H31Cl2N5O6S. The van der Waals surface area contributed by atoms with E-state index in [9.17, 15) is 18.0 Å². The number of sulfonamides is 1. The first-order chi connectivity index (χ1) is 19.0. The van der Waals surface area contributed by atoms with Gasteiger partial charge in [-0.25, -0.2) is 18.2 Å². The molecule has 2 aliphatic rings. The lowest BCUT2D eigenvalue weighted by Gasteiger charge is -2.50. The van der Waals surface area contributed by atoms with E-state index in [0.29, 0.717) is 34.6 Å². The summed E-state index contributed by atoms with van der Waals surface area (Å²) in [6.07, 6.45) is 3.76. The van der Waals surface area contributed by atoms with Gasteiger partial charge in [0.25, 0.3) is 11.8 Å². The second kappa shape index (κ2) is 12.3. The smallest absolute Gasteiger partial charge is 0.255 e. The van der Waals surface area contributed by atoms with Crippen molar-refractivity contribution < 1.29 is 28.1 Å². The molecule has 216 valence electrons. The molecule has 1 fully saturated rings. The first kappa shape index (κ1) is 30.1. The quantitative estimate of drug-likeness (QED) is 0.179. The third-order valence-electron chi connectivity index (χ3n) is 7.50. The van der Waals surface area contributed by atoms with Crippen molar-refractivity contribution in [2.75, 3.05) is 19.9 Å². The van der Waals surface area contributed by atoms with Gasteiger partial charge in [-0.3, -0.25) is 14.4 Å². The number of fused-ring (bicyclic) bond motifs is 1. The minimum atomic E-state index is -3.59. The van der Waals surface area contributed by atoms with Gasteiger partial charge < -0.3 is 15.8 Å². The summed E-state index contributed by atoms with van der Waals surface area (Å²) in [6.45, 7) is -0.379. The Morgan fingerprint density at radius 2 is 1.90 bits per heavy atom. The molecule has 4 N–H and O–H groups in total. The number of nitrogens with two attached hydrogens (primary N) is 1. The van der Waals surface area contributed by atoms with Gasteiger partial charge in [0.15, 0.2) is 5.84 Å². The topological polar surface area (TPSA) is 155 Å². The van der Waals surface area contributed by atoms with Crippen LogP contribution in [0.4, 0.5) is 0 Å². The molecule has 1 heterocycles. The number of hydrogen-bond acceptors (Lipinski definition) is 7. The van der Waals surface area contributed by atoms with Crippen LogP contribution in [0.25, 0.3) is 0 Å². The van der Waals surface area contributed by atoms with Crippen LogP contribution in [-0.2, 0) is 19.7 Å². The largest absolute Gasteiger partial charge is 0.409 e. The fraction of sp³-hybridized carbons (Fsp3) is 0.423. The summed E-state index contributed by atoms with van der Waals surface area (Å²) in [5, 5.41) is 12.3. The molecule has 1 saturated carbocycles. The van der Waals surface area contributed by atoms with Crippen molar-refractivity contribution in [2.45, 2.75) is 49.7 Å². The minimum Gasteiger partial charge on any atom is -0.409 e. The van der Waals surface area contributed by atoms with E-state index in [1.807, 2.05) is 0 Å². The van der Waals surface area contributed by atoms with E-state index in [1.165, 1.54) is 17.4 Å². The maximum absolute atomic E-state index is 14.3. The molecule has 0 radical (unpaired) electrons. The summed E-state index contributed by atoms with van der Waals surface area (Å²) in [6, 6.07) is 9.57. The maximum atomic E-state index is 14.3. The number of hydrogen-bond donors (Lipinski definition) is 3. The molecule has 2 aromatic carbocycles. The number of hydroxylamine groups is 1. The van der Waals surface area contributed by atoms with Crippen LogP contribution in [-0.4, -0.2) is 72.5 Å². The lowest BCUT2D eigenvalue weighted by Crippen LogP contribution is -2.59. The number of oxime groups is 1. The Morgan fingerprint density at radius 1 is 1.20 bits per heavy atom. The summed E-state index contributed by atoms with van der Waals surface area (Å²) >= 11 is 12.9. The van der Waals surface area contributed by atoms with Crippen molar-refractivity contribution in [2.24, 2.45) is 10.9 Å². The van der Waals surface area contributed by atoms with Crippen LogP contribution in [0.3, 0.4) is 0 Å². The summed E-state index contributed by atoms with van der Waals surface area (Å²) in [7, 11) is -2.08. The molecule has 0 saturated heterocycles. The molecule has 0 spiro atoms. The molecule has 0 unspecified atom stereocenters. The zero-order chi connectivity index (χ0) is 29.2. The third kappa shape index (κ3) is 6.06. The monoisotopic (exact) mass is 611 g/mol. The van der Waals surface area contributed by atoms with E-state index in [0.717, 1.165) is 19.1 Å².